The highest BCUT2D eigenvalue weighted by atomic mass is 79.9. The van der Waals surface area contributed by atoms with E-state index in [2.05, 4.69) is 37.2 Å². The molecule has 1 aromatic heterocycles. The summed E-state index contributed by atoms with van der Waals surface area (Å²) in [6, 6.07) is 5.83. The van der Waals surface area contributed by atoms with Crippen LogP contribution in [0.25, 0.3) is 0 Å². The summed E-state index contributed by atoms with van der Waals surface area (Å²) >= 11 is 6.71. The van der Waals surface area contributed by atoms with Crippen LogP contribution in [0, 0.1) is 17.0 Å². The standard InChI is InChI=1S/C14H11Br2N3O4/c1-8-4-10(15)14(11(16)5-8)17-12(20)7-18-6-9(19(22)23)2-3-13(18)21/h2-6H,7H2,1H3,(H,17,20). The minimum atomic E-state index is -0.624. The van der Waals surface area contributed by atoms with Crippen molar-refractivity contribution in [1.82, 2.24) is 4.57 Å². The number of amides is 1. The molecule has 2 aromatic rings. The number of benzene rings is 1. The van der Waals surface area contributed by atoms with Crippen LogP contribution in [-0.4, -0.2) is 15.4 Å². The van der Waals surface area contributed by atoms with Crippen LogP contribution in [0.4, 0.5) is 11.4 Å². The molecule has 1 heterocycles. The quantitative estimate of drug-likeness (QED) is 0.578. The third-order valence-corrected chi connectivity index (χ3v) is 4.19. The lowest BCUT2D eigenvalue weighted by molar-refractivity contribution is -0.385. The second-order valence-electron chi connectivity index (χ2n) is 4.76. The van der Waals surface area contributed by atoms with E-state index in [1.807, 2.05) is 19.1 Å². The van der Waals surface area contributed by atoms with Crippen LogP contribution < -0.4 is 10.9 Å². The maximum Gasteiger partial charge on any atom is 0.285 e. The fraction of sp³-hybridized carbons (Fsp3) is 0.143. The number of rotatable bonds is 4. The molecule has 0 bridgehead atoms. The number of aromatic nitrogens is 1. The molecule has 1 aromatic carbocycles. The fourth-order valence-electron chi connectivity index (χ4n) is 1.90. The van der Waals surface area contributed by atoms with Crippen LogP contribution >= 0.6 is 31.9 Å². The van der Waals surface area contributed by atoms with E-state index in [0.29, 0.717) is 14.6 Å². The van der Waals surface area contributed by atoms with Crippen LogP contribution in [0.2, 0.25) is 0 Å². The average molecular weight is 445 g/mol. The highest BCUT2D eigenvalue weighted by Crippen LogP contribution is 2.32. The number of hydrogen-bond acceptors (Lipinski definition) is 4. The Balaban J connectivity index is 2.22. The number of anilines is 1. The number of hydrogen-bond donors (Lipinski definition) is 1. The number of halogens is 2. The van der Waals surface area contributed by atoms with Gasteiger partial charge in [-0.25, -0.2) is 0 Å². The maximum absolute atomic E-state index is 12.1. The zero-order valence-corrected chi connectivity index (χ0v) is 15.0. The van der Waals surface area contributed by atoms with E-state index in [1.54, 1.807) is 0 Å². The Bertz CT molecular complexity index is 825. The molecular formula is C14H11Br2N3O4. The largest absolute Gasteiger partial charge is 0.323 e. The van der Waals surface area contributed by atoms with Crippen molar-refractivity contribution in [1.29, 1.82) is 0 Å². The summed E-state index contributed by atoms with van der Waals surface area (Å²) in [5.41, 5.74) is 0.776. The number of carbonyl (C=O) groups is 1. The van der Waals surface area contributed by atoms with Crippen molar-refractivity contribution in [3.8, 4) is 0 Å². The minimum Gasteiger partial charge on any atom is -0.323 e. The Morgan fingerprint density at radius 1 is 1.30 bits per heavy atom. The summed E-state index contributed by atoms with van der Waals surface area (Å²) in [7, 11) is 0. The van der Waals surface area contributed by atoms with Crippen LogP contribution in [0.5, 0.6) is 0 Å². The van der Waals surface area contributed by atoms with Gasteiger partial charge in [0.1, 0.15) is 6.54 Å². The van der Waals surface area contributed by atoms with Crippen LogP contribution in [0.15, 0.2) is 44.2 Å². The molecule has 0 aliphatic rings. The van der Waals surface area contributed by atoms with Gasteiger partial charge in [0.05, 0.1) is 16.8 Å². The normalized spacial score (nSPS) is 10.4. The van der Waals surface area contributed by atoms with Gasteiger partial charge >= 0.3 is 0 Å². The van der Waals surface area contributed by atoms with Gasteiger partial charge < -0.3 is 5.32 Å². The molecule has 0 saturated carbocycles. The highest BCUT2D eigenvalue weighted by molar-refractivity contribution is 9.11. The van der Waals surface area contributed by atoms with Gasteiger partial charge in [0.2, 0.25) is 5.91 Å². The molecule has 7 nitrogen and oxygen atoms in total. The van der Waals surface area contributed by atoms with Crippen molar-refractivity contribution in [3.05, 3.63) is 65.4 Å². The molecule has 1 N–H and O–H groups in total. The molecule has 0 atom stereocenters. The Hall–Kier alpha value is -2.00. The van der Waals surface area contributed by atoms with E-state index in [1.165, 1.54) is 0 Å². The van der Waals surface area contributed by atoms with Gasteiger partial charge in [-0.05, 0) is 56.5 Å². The second kappa shape index (κ2) is 7.05. The molecule has 0 radical (unpaired) electrons. The van der Waals surface area contributed by atoms with Crippen molar-refractivity contribution < 1.29 is 9.72 Å². The molecule has 23 heavy (non-hydrogen) atoms. The van der Waals surface area contributed by atoms with Gasteiger partial charge in [-0.2, -0.15) is 0 Å². The van der Waals surface area contributed by atoms with Crippen molar-refractivity contribution in [2.45, 2.75) is 13.5 Å². The first kappa shape index (κ1) is 17.4. The first-order valence-electron chi connectivity index (χ1n) is 6.38. The Morgan fingerprint density at radius 3 is 2.48 bits per heavy atom. The summed E-state index contributed by atoms with van der Waals surface area (Å²) in [5, 5.41) is 13.4. The van der Waals surface area contributed by atoms with Gasteiger partial charge in [-0.1, -0.05) is 0 Å². The van der Waals surface area contributed by atoms with Crippen molar-refractivity contribution >= 4 is 49.1 Å². The van der Waals surface area contributed by atoms with Crippen molar-refractivity contribution in [2.24, 2.45) is 0 Å². The highest BCUT2D eigenvalue weighted by Gasteiger charge is 2.13. The predicted molar refractivity (Wildman–Crippen MR) is 92.6 cm³/mol. The summed E-state index contributed by atoms with van der Waals surface area (Å²) < 4.78 is 2.36. The van der Waals surface area contributed by atoms with E-state index < -0.39 is 16.4 Å². The molecular weight excluding hydrogens is 434 g/mol. The third kappa shape index (κ3) is 4.26. The Morgan fingerprint density at radius 2 is 1.91 bits per heavy atom. The molecule has 0 aliphatic carbocycles. The van der Waals surface area contributed by atoms with Crippen LogP contribution in [-0.2, 0) is 11.3 Å². The lowest BCUT2D eigenvalue weighted by atomic mass is 10.2. The number of nitro groups is 1. The molecule has 2 rings (SSSR count). The van der Waals surface area contributed by atoms with E-state index in [0.717, 1.165) is 28.5 Å². The van der Waals surface area contributed by atoms with E-state index in [9.17, 15) is 19.7 Å². The van der Waals surface area contributed by atoms with E-state index >= 15 is 0 Å². The Kier molecular flexibility index (Phi) is 5.32. The van der Waals surface area contributed by atoms with Crippen molar-refractivity contribution in [2.75, 3.05) is 5.32 Å². The van der Waals surface area contributed by atoms with Crippen LogP contribution in [0.3, 0.4) is 0 Å². The van der Waals surface area contributed by atoms with Crippen molar-refractivity contribution in [3.63, 3.8) is 0 Å². The zero-order valence-electron chi connectivity index (χ0n) is 11.9. The zero-order chi connectivity index (χ0) is 17.1. The molecule has 0 fully saturated rings. The summed E-state index contributed by atoms with van der Waals surface area (Å²) in [6.45, 7) is 1.58. The van der Waals surface area contributed by atoms with Crippen LogP contribution in [0.1, 0.15) is 5.56 Å². The number of nitrogens with zero attached hydrogens (tertiary/aromatic N) is 2. The van der Waals surface area contributed by atoms with Gasteiger partial charge in [-0.15, -0.1) is 0 Å². The molecule has 0 spiro atoms. The molecule has 0 unspecified atom stereocenters. The predicted octanol–water partition coefficient (Wildman–Crippen LogP) is 3.23. The van der Waals surface area contributed by atoms with Gasteiger partial charge in [0.15, 0.2) is 0 Å². The molecule has 1 amide bonds. The smallest absolute Gasteiger partial charge is 0.285 e. The molecule has 120 valence electrons. The lowest BCUT2D eigenvalue weighted by Gasteiger charge is -2.11. The monoisotopic (exact) mass is 443 g/mol. The average Bonchev–Trinajstić information content (AvgIpc) is 2.45. The lowest BCUT2D eigenvalue weighted by Crippen LogP contribution is -2.27. The van der Waals surface area contributed by atoms with E-state index in [4.69, 9.17) is 0 Å². The fourth-order valence-corrected chi connectivity index (χ4v) is 3.52. The number of aryl methyl sites for hydroxylation is 1. The van der Waals surface area contributed by atoms with Gasteiger partial charge in [-0.3, -0.25) is 24.3 Å². The van der Waals surface area contributed by atoms with Gasteiger partial charge in [0, 0.05) is 21.1 Å². The van der Waals surface area contributed by atoms with E-state index in [-0.39, 0.29) is 12.2 Å². The summed E-state index contributed by atoms with van der Waals surface area (Å²) in [4.78, 5) is 33.9. The first-order chi connectivity index (χ1) is 10.8. The summed E-state index contributed by atoms with van der Waals surface area (Å²) in [6.07, 6.45) is 1.04. The minimum absolute atomic E-state index is 0.255. The molecule has 0 aliphatic heterocycles. The molecule has 9 heteroatoms. The number of pyridine rings is 1. The number of nitrogens with one attached hydrogen (secondary N) is 1. The first-order valence-corrected chi connectivity index (χ1v) is 7.97. The topological polar surface area (TPSA) is 94.2 Å². The summed E-state index contributed by atoms with van der Waals surface area (Å²) in [5.74, 6) is -0.474. The second-order valence-corrected chi connectivity index (χ2v) is 6.47. The Labute approximate surface area is 147 Å². The van der Waals surface area contributed by atoms with Gasteiger partial charge in [0.25, 0.3) is 11.2 Å². The third-order valence-electron chi connectivity index (χ3n) is 2.94. The molecule has 0 saturated heterocycles. The number of carbonyl (C=O) groups excluding carboxylic acids is 1. The maximum atomic E-state index is 12.1. The SMILES string of the molecule is Cc1cc(Br)c(NC(=O)Cn2cc([N+](=O)[O-])ccc2=O)c(Br)c1.